The molecule has 3 aromatic carbocycles. The number of hydrogen-bond donors (Lipinski definition) is 0. The zero-order chi connectivity index (χ0) is 21.6. The Hall–Kier alpha value is -3.11. The average Bonchev–Trinajstić information content (AvgIpc) is 3.13. The van der Waals surface area contributed by atoms with Gasteiger partial charge in [-0.05, 0) is 36.6 Å². The largest absolute Gasteiger partial charge is 0.344 e. The van der Waals surface area contributed by atoms with E-state index in [1.54, 1.807) is 5.06 Å². The summed E-state index contributed by atoms with van der Waals surface area (Å²) in [5, 5.41) is 1.65. The quantitative estimate of drug-likeness (QED) is 0.571. The Labute approximate surface area is 184 Å². The molecular weight excluding hydrogens is 384 g/mol. The van der Waals surface area contributed by atoms with Gasteiger partial charge in [0, 0.05) is 17.6 Å². The van der Waals surface area contributed by atoms with Crippen LogP contribution in [0.2, 0.25) is 0 Å². The third kappa shape index (κ3) is 2.89. The normalized spacial score (nSPS) is 23.7. The number of hydroxylamine groups is 2. The van der Waals surface area contributed by atoms with Crippen molar-refractivity contribution in [3.63, 3.8) is 0 Å². The lowest BCUT2D eigenvalue weighted by Crippen LogP contribution is -2.50. The van der Waals surface area contributed by atoms with Crippen LogP contribution in [0.1, 0.15) is 37.5 Å². The highest BCUT2D eigenvalue weighted by Crippen LogP contribution is 2.60. The fourth-order valence-corrected chi connectivity index (χ4v) is 5.17. The van der Waals surface area contributed by atoms with Crippen LogP contribution in [0, 0.1) is 5.41 Å². The fourth-order valence-electron chi connectivity index (χ4n) is 5.17. The van der Waals surface area contributed by atoms with Crippen molar-refractivity contribution in [2.24, 2.45) is 5.41 Å². The Morgan fingerprint density at radius 3 is 2.06 bits per heavy atom. The number of carbonyl (C=O) groups excluding carboxylic acids is 1. The maximum atomic E-state index is 13.6. The summed E-state index contributed by atoms with van der Waals surface area (Å²) in [7, 11) is 0. The van der Waals surface area contributed by atoms with E-state index in [0.29, 0.717) is 13.2 Å². The van der Waals surface area contributed by atoms with E-state index in [9.17, 15) is 4.79 Å². The van der Waals surface area contributed by atoms with Crippen LogP contribution < -0.4 is 4.90 Å². The molecule has 0 spiro atoms. The predicted octanol–water partition coefficient (Wildman–Crippen LogP) is 5.29. The van der Waals surface area contributed by atoms with Crippen LogP contribution in [0.5, 0.6) is 0 Å². The summed E-state index contributed by atoms with van der Waals surface area (Å²) in [6.45, 7) is 7.40. The van der Waals surface area contributed by atoms with Crippen molar-refractivity contribution >= 4 is 11.6 Å². The number of nitrogens with zero attached hydrogens (tertiary/aromatic N) is 2. The van der Waals surface area contributed by atoms with Gasteiger partial charge in [-0.3, -0.25) is 9.63 Å². The van der Waals surface area contributed by atoms with Gasteiger partial charge in [0.25, 0.3) is 5.91 Å². The molecule has 2 heterocycles. The molecule has 5 rings (SSSR count). The SMILES string of the molecule is CC1(C)C(=O)N(OCc2ccccc2)C2N(Cc3ccccc3)c3ccccc3C21C. The highest BCUT2D eigenvalue weighted by molar-refractivity contribution is 5.90. The van der Waals surface area contributed by atoms with E-state index in [1.807, 2.05) is 36.4 Å². The highest BCUT2D eigenvalue weighted by atomic mass is 16.7. The van der Waals surface area contributed by atoms with Gasteiger partial charge >= 0.3 is 0 Å². The summed E-state index contributed by atoms with van der Waals surface area (Å²) in [4.78, 5) is 22.2. The summed E-state index contributed by atoms with van der Waals surface area (Å²) < 4.78 is 0. The number of para-hydroxylation sites is 1. The number of rotatable bonds is 5. The monoisotopic (exact) mass is 412 g/mol. The van der Waals surface area contributed by atoms with E-state index in [4.69, 9.17) is 4.84 Å². The van der Waals surface area contributed by atoms with Gasteiger partial charge in [0.1, 0.15) is 12.8 Å². The summed E-state index contributed by atoms with van der Waals surface area (Å²) in [6, 6.07) is 28.9. The second-order valence-electron chi connectivity index (χ2n) is 9.22. The number of amides is 1. The highest BCUT2D eigenvalue weighted by Gasteiger charge is 2.68. The van der Waals surface area contributed by atoms with Crippen LogP contribution in [-0.4, -0.2) is 17.1 Å². The molecule has 2 aliphatic heterocycles. The number of anilines is 1. The minimum Gasteiger partial charge on any atom is -0.344 e. The lowest BCUT2D eigenvalue weighted by Gasteiger charge is -2.38. The van der Waals surface area contributed by atoms with Crippen molar-refractivity contribution in [3.8, 4) is 0 Å². The minimum absolute atomic E-state index is 0.0310. The van der Waals surface area contributed by atoms with Gasteiger partial charge < -0.3 is 4.90 Å². The Bertz CT molecular complexity index is 1100. The topological polar surface area (TPSA) is 32.8 Å². The standard InChI is InChI=1S/C27H28N2O2/c1-26(2)25(30)29(31-19-21-14-8-5-9-15-21)24-27(26,3)22-16-10-11-17-23(22)28(24)18-20-12-6-4-7-13-20/h4-17,24H,18-19H2,1-3H3. The van der Waals surface area contributed by atoms with Crippen LogP contribution in [0.4, 0.5) is 5.69 Å². The van der Waals surface area contributed by atoms with Crippen molar-refractivity contribution in [1.82, 2.24) is 5.06 Å². The summed E-state index contributed by atoms with van der Waals surface area (Å²) in [6.07, 6.45) is -0.212. The first-order chi connectivity index (χ1) is 14.9. The molecule has 0 bridgehead atoms. The molecular formula is C27H28N2O2. The zero-order valence-electron chi connectivity index (χ0n) is 18.3. The molecule has 2 aliphatic rings. The number of carbonyl (C=O) groups is 1. The molecule has 4 heteroatoms. The molecule has 0 aromatic heterocycles. The van der Waals surface area contributed by atoms with Crippen molar-refractivity contribution in [2.75, 3.05) is 4.90 Å². The number of hydrogen-bond acceptors (Lipinski definition) is 3. The molecule has 3 aromatic rings. The van der Waals surface area contributed by atoms with Gasteiger partial charge in [-0.1, -0.05) is 85.8 Å². The zero-order valence-corrected chi connectivity index (χ0v) is 18.3. The molecule has 0 radical (unpaired) electrons. The second kappa shape index (κ2) is 7.24. The maximum absolute atomic E-state index is 13.6. The van der Waals surface area contributed by atoms with Crippen LogP contribution in [0.3, 0.4) is 0 Å². The minimum atomic E-state index is -0.601. The maximum Gasteiger partial charge on any atom is 0.254 e. The first-order valence-electron chi connectivity index (χ1n) is 10.8. The van der Waals surface area contributed by atoms with E-state index in [-0.39, 0.29) is 12.1 Å². The van der Waals surface area contributed by atoms with Crippen LogP contribution in [0.15, 0.2) is 84.9 Å². The van der Waals surface area contributed by atoms with Gasteiger partial charge in [-0.25, -0.2) is 0 Å². The molecule has 158 valence electrons. The molecule has 1 saturated heterocycles. The van der Waals surface area contributed by atoms with Crippen LogP contribution in [-0.2, 0) is 28.2 Å². The molecule has 31 heavy (non-hydrogen) atoms. The van der Waals surface area contributed by atoms with E-state index in [0.717, 1.165) is 5.56 Å². The summed E-state index contributed by atoms with van der Waals surface area (Å²) >= 11 is 0. The Balaban J connectivity index is 1.57. The van der Waals surface area contributed by atoms with Crippen molar-refractivity contribution in [2.45, 2.75) is 45.5 Å². The molecule has 0 N–H and O–H groups in total. The second-order valence-corrected chi connectivity index (χ2v) is 9.22. The third-order valence-corrected chi connectivity index (χ3v) is 7.25. The van der Waals surface area contributed by atoms with E-state index in [1.165, 1.54) is 16.8 Å². The number of benzene rings is 3. The van der Waals surface area contributed by atoms with Gasteiger partial charge in [0.05, 0.1) is 5.41 Å². The Kier molecular flexibility index (Phi) is 4.63. The van der Waals surface area contributed by atoms with Crippen LogP contribution >= 0.6 is 0 Å². The van der Waals surface area contributed by atoms with Crippen molar-refractivity contribution in [3.05, 3.63) is 102 Å². The van der Waals surface area contributed by atoms with Crippen LogP contribution in [0.25, 0.3) is 0 Å². The van der Waals surface area contributed by atoms with Crippen molar-refractivity contribution in [1.29, 1.82) is 0 Å². The molecule has 2 atom stereocenters. The van der Waals surface area contributed by atoms with Gasteiger partial charge in [-0.15, -0.1) is 0 Å². The molecule has 4 nitrogen and oxygen atoms in total. The third-order valence-electron chi connectivity index (χ3n) is 7.25. The lowest BCUT2D eigenvalue weighted by molar-refractivity contribution is -0.198. The molecule has 0 saturated carbocycles. The van der Waals surface area contributed by atoms with E-state index < -0.39 is 10.8 Å². The van der Waals surface area contributed by atoms with E-state index >= 15 is 0 Å². The Morgan fingerprint density at radius 2 is 1.39 bits per heavy atom. The fraction of sp³-hybridized carbons (Fsp3) is 0.296. The molecule has 1 fully saturated rings. The van der Waals surface area contributed by atoms with E-state index in [2.05, 4.69) is 74.2 Å². The Morgan fingerprint density at radius 1 is 0.806 bits per heavy atom. The molecule has 2 unspecified atom stereocenters. The first kappa shape index (κ1) is 19.8. The smallest absolute Gasteiger partial charge is 0.254 e. The van der Waals surface area contributed by atoms with Gasteiger partial charge in [-0.2, -0.15) is 5.06 Å². The van der Waals surface area contributed by atoms with Crippen molar-refractivity contribution < 1.29 is 9.63 Å². The molecule has 0 aliphatic carbocycles. The summed E-state index contributed by atoms with van der Waals surface area (Å²) in [5.74, 6) is 0.0310. The van der Waals surface area contributed by atoms with Gasteiger partial charge in [0.15, 0.2) is 0 Å². The predicted molar refractivity (Wildman–Crippen MR) is 122 cm³/mol. The summed E-state index contributed by atoms with van der Waals surface area (Å²) in [5.41, 5.74) is 3.64. The number of fused-ring (bicyclic) bond motifs is 3. The molecule has 1 amide bonds. The average molecular weight is 413 g/mol. The first-order valence-corrected chi connectivity index (χ1v) is 10.8. The van der Waals surface area contributed by atoms with Gasteiger partial charge in [0.2, 0.25) is 0 Å². The lowest BCUT2D eigenvalue weighted by atomic mass is 9.65.